The molecule has 3 heterocycles. The van der Waals surface area contributed by atoms with Crippen molar-refractivity contribution in [2.24, 2.45) is 5.92 Å². The number of rotatable bonds is 4. The Hall–Kier alpha value is -2.88. The summed E-state index contributed by atoms with van der Waals surface area (Å²) in [4.78, 5) is 14.2. The van der Waals surface area contributed by atoms with Gasteiger partial charge in [0.05, 0.1) is 5.92 Å². The molecule has 11 heteroatoms. The van der Waals surface area contributed by atoms with Crippen molar-refractivity contribution < 1.29 is 22.7 Å². The first-order chi connectivity index (χ1) is 14.3. The van der Waals surface area contributed by atoms with Crippen LogP contribution in [0.4, 0.5) is 19.0 Å². The molecule has 0 N–H and O–H groups in total. The van der Waals surface area contributed by atoms with Crippen LogP contribution in [0.25, 0.3) is 5.65 Å². The number of halogens is 4. The topological polar surface area (TPSA) is 72.6 Å². The van der Waals surface area contributed by atoms with Gasteiger partial charge in [0.25, 0.3) is 5.82 Å². The molecule has 1 aromatic carbocycles. The number of ether oxygens (including phenoxy) is 1. The standard InChI is InChI=1S/C19H17ClF3N5O2/c20-14-3-1-2-12(10-14)11-30-17(29)13-6-8-27(9-7-13)16-5-4-15-24-25-18(19(21,22)23)28(15)26-16/h1-5,10,13H,6-9,11H2. The number of piperidine rings is 1. The molecule has 0 unspecified atom stereocenters. The molecule has 3 aromatic rings. The molecule has 0 radical (unpaired) electrons. The maximum Gasteiger partial charge on any atom is 0.453 e. The van der Waals surface area contributed by atoms with Crippen LogP contribution in [0.15, 0.2) is 36.4 Å². The number of nitrogens with zero attached hydrogens (tertiary/aromatic N) is 5. The van der Waals surface area contributed by atoms with Gasteiger partial charge in [-0.25, -0.2) is 0 Å². The van der Waals surface area contributed by atoms with E-state index in [1.165, 1.54) is 6.07 Å². The zero-order chi connectivity index (χ0) is 21.3. The summed E-state index contributed by atoms with van der Waals surface area (Å²) in [5.41, 5.74) is 0.825. The van der Waals surface area contributed by atoms with E-state index in [0.29, 0.717) is 41.3 Å². The number of carbonyl (C=O) groups is 1. The Balaban J connectivity index is 1.37. The number of anilines is 1. The third-order valence-corrected chi connectivity index (χ3v) is 5.16. The smallest absolute Gasteiger partial charge is 0.453 e. The van der Waals surface area contributed by atoms with E-state index < -0.39 is 12.0 Å². The first-order valence-corrected chi connectivity index (χ1v) is 9.65. The fraction of sp³-hybridized carbons (Fsp3) is 0.368. The second-order valence-corrected chi connectivity index (χ2v) is 7.42. The summed E-state index contributed by atoms with van der Waals surface area (Å²) in [6.45, 7) is 1.09. The highest BCUT2D eigenvalue weighted by Gasteiger charge is 2.38. The molecule has 30 heavy (non-hydrogen) atoms. The van der Waals surface area contributed by atoms with E-state index in [4.69, 9.17) is 16.3 Å². The Bertz CT molecular complexity index is 1060. The minimum Gasteiger partial charge on any atom is -0.461 e. The van der Waals surface area contributed by atoms with Gasteiger partial charge in [-0.1, -0.05) is 23.7 Å². The lowest BCUT2D eigenvalue weighted by atomic mass is 9.97. The molecule has 1 aliphatic heterocycles. The molecule has 0 bridgehead atoms. The van der Waals surface area contributed by atoms with E-state index in [9.17, 15) is 18.0 Å². The molecule has 1 fully saturated rings. The normalized spacial score (nSPS) is 15.5. The fourth-order valence-corrected chi connectivity index (χ4v) is 3.58. The number of carbonyl (C=O) groups excluding carboxylic acids is 1. The third kappa shape index (κ3) is 4.33. The second-order valence-electron chi connectivity index (χ2n) is 6.98. The van der Waals surface area contributed by atoms with E-state index in [-0.39, 0.29) is 24.1 Å². The van der Waals surface area contributed by atoms with Gasteiger partial charge >= 0.3 is 12.1 Å². The summed E-state index contributed by atoms with van der Waals surface area (Å²) in [5.74, 6) is -1.36. The first-order valence-electron chi connectivity index (χ1n) is 9.27. The molecule has 7 nitrogen and oxygen atoms in total. The van der Waals surface area contributed by atoms with Gasteiger partial charge < -0.3 is 9.64 Å². The van der Waals surface area contributed by atoms with Gasteiger partial charge in [0.1, 0.15) is 12.4 Å². The van der Waals surface area contributed by atoms with E-state index in [1.54, 1.807) is 24.3 Å². The Labute approximate surface area is 174 Å². The van der Waals surface area contributed by atoms with Crippen molar-refractivity contribution in [3.63, 3.8) is 0 Å². The minimum absolute atomic E-state index is 0.0190. The molecule has 1 saturated heterocycles. The quantitative estimate of drug-likeness (QED) is 0.576. The van der Waals surface area contributed by atoms with Crippen molar-refractivity contribution in [2.45, 2.75) is 25.6 Å². The molecule has 0 atom stereocenters. The van der Waals surface area contributed by atoms with Crippen LogP contribution in [0.3, 0.4) is 0 Å². The number of benzene rings is 1. The Morgan fingerprint density at radius 2 is 1.93 bits per heavy atom. The maximum atomic E-state index is 13.0. The van der Waals surface area contributed by atoms with Crippen LogP contribution in [0.1, 0.15) is 24.2 Å². The summed E-state index contributed by atoms with van der Waals surface area (Å²) in [7, 11) is 0. The van der Waals surface area contributed by atoms with Crippen LogP contribution < -0.4 is 4.90 Å². The number of aromatic nitrogens is 4. The molecule has 1 aliphatic rings. The maximum absolute atomic E-state index is 13.0. The second kappa shape index (κ2) is 8.10. The zero-order valence-corrected chi connectivity index (χ0v) is 16.4. The molecular weight excluding hydrogens is 423 g/mol. The van der Waals surface area contributed by atoms with E-state index in [0.717, 1.165) is 5.56 Å². The van der Waals surface area contributed by atoms with Crippen molar-refractivity contribution in [1.82, 2.24) is 19.8 Å². The lowest BCUT2D eigenvalue weighted by Crippen LogP contribution is -2.37. The average molecular weight is 440 g/mol. The molecule has 2 aromatic heterocycles. The fourth-order valence-electron chi connectivity index (χ4n) is 3.37. The summed E-state index contributed by atoms with van der Waals surface area (Å²) >= 11 is 5.92. The molecule has 158 valence electrons. The lowest BCUT2D eigenvalue weighted by Gasteiger charge is -2.31. The molecule has 0 aliphatic carbocycles. The van der Waals surface area contributed by atoms with E-state index in [2.05, 4.69) is 15.3 Å². The van der Waals surface area contributed by atoms with Crippen LogP contribution in [0.5, 0.6) is 0 Å². The Kier molecular flexibility index (Phi) is 5.50. The number of hydrogen-bond donors (Lipinski definition) is 0. The number of esters is 1. The van der Waals surface area contributed by atoms with Gasteiger partial charge in [0.15, 0.2) is 5.65 Å². The monoisotopic (exact) mass is 439 g/mol. The third-order valence-electron chi connectivity index (χ3n) is 4.92. The predicted octanol–water partition coefficient (Wildman–Crippen LogP) is 3.76. The highest BCUT2D eigenvalue weighted by Crippen LogP contribution is 2.29. The number of alkyl halides is 3. The largest absolute Gasteiger partial charge is 0.461 e. The molecule has 0 spiro atoms. The summed E-state index contributed by atoms with van der Waals surface area (Å²) in [5, 5.41) is 11.3. The lowest BCUT2D eigenvalue weighted by molar-refractivity contribution is -0.150. The summed E-state index contributed by atoms with van der Waals surface area (Å²) in [6, 6.07) is 10.1. The van der Waals surface area contributed by atoms with Gasteiger partial charge in [0.2, 0.25) is 0 Å². The average Bonchev–Trinajstić information content (AvgIpc) is 3.16. The van der Waals surface area contributed by atoms with Crippen LogP contribution in [0.2, 0.25) is 5.02 Å². The Morgan fingerprint density at radius 1 is 1.17 bits per heavy atom. The SMILES string of the molecule is O=C(OCc1cccc(Cl)c1)C1CCN(c2ccc3nnc(C(F)(F)F)n3n2)CC1. The van der Waals surface area contributed by atoms with Crippen LogP contribution in [-0.2, 0) is 22.3 Å². The molecular formula is C19H17ClF3N5O2. The number of fused-ring (bicyclic) bond motifs is 1. The van der Waals surface area contributed by atoms with Crippen molar-refractivity contribution >= 4 is 29.0 Å². The van der Waals surface area contributed by atoms with Crippen molar-refractivity contribution in [1.29, 1.82) is 0 Å². The summed E-state index contributed by atoms with van der Waals surface area (Å²) < 4.78 is 45.2. The van der Waals surface area contributed by atoms with Gasteiger partial charge in [-0.15, -0.1) is 15.3 Å². The van der Waals surface area contributed by atoms with Gasteiger partial charge in [-0.05, 0) is 42.7 Å². The zero-order valence-electron chi connectivity index (χ0n) is 15.6. The predicted molar refractivity (Wildman–Crippen MR) is 102 cm³/mol. The van der Waals surface area contributed by atoms with Crippen LogP contribution in [-0.4, -0.2) is 38.9 Å². The van der Waals surface area contributed by atoms with E-state index >= 15 is 0 Å². The van der Waals surface area contributed by atoms with Crippen molar-refractivity contribution in [3.05, 3.63) is 52.8 Å². The van der Waals surface area contributed by atoms with Gasteiger partial charge in [-0.2, -0.15) is 17.7 Å². The van der Waals surface area contributed by atoms with Gasteiger partial charge in [0, 0.05) is 18.1 Å². The van der Waals surface area contributed by atoms with Crippen molar-refractivity contribution in [3.8, 4) is 0 Å². The highest BCUT2D eigenvalue weighted by atomic mass is 35.5. The van der Waals surface area contributed by atoms with Crippen molar-refractivity contribution in [2.75, 3.05) is 18.0 Å². The molecule has 4 rings (SSSR count). The summed E-state index contributed by atoms with van der Waals surface area (Å²) in [6.07, 6.45) is -3.62. The first kappa shape index (κ1) is 20.4. The van der Waals surface area contributed by atoms with Crippen LogP contribution >= 0.6 is 11.6 Å². The molecule has 0 amide bonds. The van der Waals surface area contributed by atoms with E-state index in [1.807, 2.05) is 11.0 Å². The number of hydrogen-bond acceptors (Lipinski definition) is 6. The molecule has 0 saturated carbocycles. The highest BCUT2D eigenvalue weighted by molar-refractivity contribution is 6.30. The minimum atomic E-state index is -4.65. The van der Waals surface area contributed by atoms with Gasteiger partial charge in [-0.3, -0.25) is 4.79 Å². The Morgan fingerprint density at radius 3 is 2.63 bits per heavy atom. The van der Waals surface area contributed by atoms with Crippen LogP contribution in [0, 0.1) is 5.92 Å².